The molecular weight excluding hydrogens is 310 g/mol. The van der Waals surface area contributed by atoms with E-state index in [0.717, 1.165) is 10.5 Å². The topological polar surface area (TPSA) is 92.2 Å². The Hall–Kier alpha value is -2.07. The van der Waals surface area contributed by atoms with Gasteiger partial charge in [0, 0.05) is 28.5 Å². The zero-order valence-corrected chi connectivity index (χ0v) is 13.7. The van der Waals surface area contributed by atoms with Crippen molar-refractivity contribution in [3.63, 3.8) is 0 Å². The number of aliphatic hydroxyl groups is 1. The summed E-state index contributed by atoms with van der Waals surface area (Å²) in [6.45, 7) is -0.0747. The van der Waals surface area contributed by atoms with E-state index in [2.05, 4.69) is 11.1 Å². The van der Waals surface area contributed by atoms with Crippen molar-refractivity contribution in [2.45, 2.75) is 22.6 Å². The number of rotatable bonds is 7. The molecule has 0 radical (unpaired) electrons. The van der Waals surface area contributed by atoms with Crippen molar-refractivity contribution in [3.05, 3.63) is 53.7 Å². The van der Waals surface area contributed by atoms with Gasteiger partial charge in [0.05, 0.1) is 19.3 Å². The summed E-state index contributed by atoms with van der Waals surface area (Å²) in [6.07, 6.45) is 2.11. The van der Waals surface area contributed by atoms with Gasteiger partial charge in [-0.25, -0.2) is 4.98 Å². The van der Waals surface area contributed by atoms with Crippen LogP contribution in [0.3, 0.4) is 0 Å². The number of benzene rings is 1. The number of nitrogens with two attached hydrogens (primary N) is 1. The minimum absolute atomic E-state index is 0.0255. The first-order chi connectivity index (χ1) is 11.2. The lowest BCUT2D eigenvalue weighted by atomic mass is 10.1. The second kappa shape index (κ2) is 8.53. The van der Waals surface area contributed by atoms with Crippen LogP contribution in [-0.4, -0.2) is 29.8 Å². The molecule has 0 unspecified atom stereocenters. The van der Waals surface area contributed by atoms with Crippen LogP contribution in [0.2, 0.25) is 0 Å². The predicted octanol–water partition coefficient (Wildman–Crippen LogP) is 2.50. The summed E-state index contributed by atoms with van der Waals surface area (Å²) in [5.74, 6) is 0.463. The molecule has 0 saturated carbocycles. The van der Waals surface area contributed by atoms with Gasteiger partial charge in [0.25, 0.3) is 0 Å². The molecule has 0 bridgehead atoms. The van der Waals surface area contributed by atoms with Crippen LogP contribution in [0.4, 0.5) is 0 Å². The molecule has 1 aromatic heterocycles. The molecule has 0 aliphatic rings. The molecule has 6 heteroatoms. The molecule has 2 rings (SSSR count). The quantitative estimate of drug-likeness (QED) is 0.758. The molecule has 2 atom stereocenters. The smallest absolute Gasteiger partial charge is 0.214 e. The highest BCUT2D eigenvalue weighted by atomic mass is 32.2. The SMILES string of the molecule is COc1cc(S[C@@H](C[C@@H](N)CO)c2ccccc2)c(C#N)cn1. The third-order valence-electron chi connectivity index (χ3n) is 3.36. The first-order valence-electron chi connectivity index (χ1n) is 7.20. The molecule has 0 amide bonds. The highest BCUT2D eigenvalue weighted by molar-refractivity contribution is 7.99. The van der Waals surface area contributed by atoms with E-state index < -0.39 is 0 Å². The third-order valence-corrected chi connectivity index (χ3v) is 4.70. The number of hydrogen-bond acceptors (Lipinski definition) is 6. The van der Waals surface area contributed by atoms with Gasteiger partial charge < -0.3 is 15.6 Å². The van der Waals surface area contributed by atoms with E-state index in [0.29, 0.717) is 17.9 Å². The molecule has 0 aliphatic heterocycles. The number of methoxy groups -OCH3 is 1. The zero-order valence-electron chi connectivity index (χ0n) is 12.8. The van der Waals surface area contributed by atoms with Gasteiger partial charge in [-0.3, -0.25) is 0 Å². The second-order valence-corrected chi connectivity index (χ2v) is 6.27. The summed E-state index contributed by atoms with van der Waals surface area (Å²) in [7, 11) is 1.54. The van der Waals surface area contributed by atoms with Crippen molar-refractivity contribution < 1.29 is 9.84 Å². The molecule has 0 spiro atoms. The van der Waals surface area contributed by atoms with Gasteiger partial charge in [0.15, 0.2) is 0 Å². The van der Waals surface area contributed by atoms with Crippen LogP contribution in [0.15, 0.2) is 47.5 Å². The van der Waals surface area contributed by atoms with Crippen molar-refractivity contribution in [2.75, 3.05) is 13.7 Å². The van der Waals surface area contributed by atoms with E-state index >= 15 is 0 Å². The lowest BCUT2D eigenvalue weighted by Crippen LogP contribution is -2.26. The van der Waals surface area contributed by atoms with Gasteiger partial charge in [0.1, 0.15) is 6.07 Å². The Labute approximate surface area is 140 Å². The average molecular weight is 329 g/mol. The number of aliphatic hydroxyl groups excluding tert-OH is 1. The van der Waals surface area contributed by atoms with Crippen LogP contribution < -0.4 is 10.5 Å². The summed E-state index contributed by atoms with van der Waals surface area (Å²) in [5.41, 5.74) is 7.52. The summed E-state index contributed by atoms with van der Waals surface area (Å²) in [5, 5.41) is 18.6. The fourth-order valence-corrected chi connectivity index (χ4v) is 3.47. The van der Waals surface area contributed by atoms with E-state index in [-0.39, 0.29) is 17.9 Å². The summed E-state index contributed by atoms with van der Waals surface area (Å²) in [4.78, 5) is 4.85. The van der Waals surface area contributed by atoms with Crippen LogP contribution in [0.1, 0.15) is 22.8 Å². The Morgan fingerprint density at radius 1 is 1.39 bits per heavy atom. The van der Waals surface area contributed by atoms with Gasteiger partial charge in [-0.1, -0.05) is 30.3 Å². The standard InChI is InChI=1S/C17H19N3O2S/c1-22-17-8-16(13(9-18)10-20-17)23-15(7-14(19)11-21)12-5-3-2-4-6-12/h2-6,8,10,14-15,21H,7,11,19H2,1H3/t14-,15+/m1/s1. The molecule has 5 nitrogen and oxygen atoms in total. The molecule has 1 heterocycles. The van der Waals surface area contributed by atoms with Crippen molar-refractivity contribution in [1.29, 1.82) is 5.26 Å². The fraction of sp³-hybridized carbons (Fsp3) is 0.294. The van der Waals surface area contributed by atoms with Gasteiger partial charge in [-0.2, -0.15) is 5.26 Å². The highest BCUT2D eigenvalue weighted by Crippen LogP contribution is 2.40. The zero-order chi connectivity index (χ0) is 16.7. The maximum absolute atomic E-state index is 9.28. The fourth-order valence-electron chi connectivity index (χ4n) is 2.13. The lowest BCUT2D eigenvalue weighted by Gasteiger charge is -2.20. The predicted molar refractivity (Wildman–Crippen MR) is 90.2 cm³/mol. The van der Waals surface area contributed by atoms with E-state index in [4.69, 9.17) is 10.5 Å². The number of nitriles is 1. The summed E-state index contributed by atoms with van der Waals surface area (Å²) in [6, 6.07) is 13.5. The van der Waals surface area contributed by atoms with E-state index in [1.54, 1.807) is 13.2 Å². The van der Waals surface area contributed by atoms with Crippen LogP contribution >= 0.6 is 11.8 Å². The Morgan fingerprint density at radius 2 is 2.13 bits per heavy atom. The lowest BCUT2D eigenvalue weighted by molar-refractivity contribution is 0.259. The Kier molecular flexibility index (Phi) is 6.41. The number of aromatic nitrogens is 1. The molecule has 2 aromatic rings. The summed E-state index contributed by atoms with van der Waals surface area (Å²) >= 11 is 1.53. The maximum atomic E-state index is 9.28. The number of ether oxygens (including phenoxy) is 1. The largest absolute Gasteiger partial charge is 0.481 e. The van der Waals surface area contributed by atoms with E-state index in [9.17, 15) is 10.4 Å². The average Bonchev–Trinajstić information content (AvgIpc) is 2.61. The van der Waals surface area contributed by atoms with Crippen molar-refractivity contribution in [1.82, 2.24) is 4.98 Å². The van der Waals surface area contributed by atoms with Crippen molar-refractivity contribution in [3.8, 4) is 11.9 Å². The molecule has 0 aliphatic carbocycles. The normalized spacial score (nSPS) is 13.1. The maximum Gasteiger partial charge on any atom is 0.214 e. The van der Waals surface area contributed by atoms with Crippen molar-refractivity contribution in [2.24, 2.45) is 5.73 Å². The summed E-state index contributed by atoms with van der Waals surface area (Å²) < 4.78 is 5.15. The minimum Gasteiger partial charge on any atom is -0.481 e. The van der Waals surface area contributed by atoms with Gasteiger partial charge in [0.2, 0.25) is 5.88 Å². The Morgan fingerprint density at radius 3 is 2.74 bits per heavy atom. The monoisotopic (exact) mass is 329 g/mol. The van der Waals surface area contributed by atoms with Crippen LogP contribution in [-0.2, 0) is 0 Å². The highest BCUT2D eigenvalue weighted by Gasteiger charge is 2.19. The number of nitrogens with zero attached hydrogens (tertiary/aromatic N) is 2. The van der Waals surface area contributed by atoms with Gasteiger partial charge >= 0.3 is 0 Å². The van der Waals surface area contributed by atoms with Crippen LogP contribution in [0.5, 0.6) is 5.88 Å². The Bertz CT molecular complexity index is 673. The van der Waals surface area contributed by atoms with E-state index in [1.807, 2.05) is 30.3 Å². The Balaban J connectivity index is 2.32. The first-order valence-corrected chi connectivity index (χ1v) is 8.08. The molecule has 23 heavy (non-hydrogen) atoms. The minimum atomic E-state index is -0.318. The second-order valence-electron chi connectivity index (χ2n) is 5.03. The molecule has 1 aromatic carbocycles. The number of pyridine rings is 1. The third kappa shape index (κ3) is 4.70. The van der Waals surface area contributed by atoms with Crippen LogP contribution in [0, 0.1) is 11.3 Å². The number of hydrogen-bond donors (Lipinski definition) is 2. The van der Waals surface area contributed by atoms with Crippen LogP contribution in [0.25, 0.3) is 0 Å². The van der Waals surface area contributed by atoms with Gasteiger partial charge in [-0.05, 0) is 12.0 Å². The van der Waals surface area contributed by atoms with Crippen molar-refractivity contribution >= 4 is 11.8 Å². The molecule has 0 saturated heterocycles. The van der Waals surface area contributed by atoms with E-state index in [1.165, 1.54) is 18.0 Å². The molecule has 3 N–H and O–H groups in total. The molecule has 120 valence electrons. The first kappa shape index (κ1) is 17.3. The molecular formula is C17H19N3O2S. The molecule has 0 fully saturated rings. The van der Waals surface area contributed by atoms with Gasteiger partial charge in [-0.15, -0.1) is 11.8 Å². The number of thioether (sulfide) groups is 1.